The monoisotopic (exact) mass is 334 g/mol. The van der Waals surface area contributed by atoms with Crippen molar-refractivity contribution in [3.8, 4) is 0 Å². The van der Waals surface area contributed by atoms with E-state index in [1.165, 1.54) is 5.19 Å². The van der Waals surface area contributed by atoms with E-state index >= 15 is 0 Å². The lowest BCUT2D eigenvalue weighted by Crippen LogP contribution is -2.42. The van der Waals surface area contributed by atoms with Gasteiger partial charge in [-0.15, -0.1) is 0 Å². The molecule has 0 aliphatic carbocycles. The Labute approximate surface area is 143 Å². The van der Waals surface area contributed by atoms with Crippen LogP contribution in [-0.2, 0) is 0 Å². The highest BCUT2D eigenvalue weighted by Gasteiger charge is 2.25. The molecule has 0 atom stereocenters. The van der Waals surface area contributed by atoms with Crippen LogP contribution in [0.25, 0.3) is 10.9 Å². The van der Waals surface area contributed by atoms with E-state index < -0.39 is 8.07 Å². The Balaban J connectivity index is 2.05. The average molecular weight is 334 g/mol. The molecule has 1 aromatic heterocycles. The van der Waals surface area contributed by atoms with Gasteiger partial charge in [0.15, 0.2) is 0 Å². The minimum absolute atomic E-state index is 0.0521. The van der Waals surface area contributed by atoms with E-state index in [2.05, 4.69) is 36.0 Å². The summed E-state index contributed by atoms with van der Waals surface area (Å²) in [6, 6.07) is 15.9. The van der Waals surface area contributed by atoms with Crippen LogP contribution in [0.2, 0.25) is 19.6 Å². The number of fused-ring (bicyclic) bond motifs is 1. The molecular weight excluding hydrogens is 312 g/mol. The quantitative estimate of drug-likeness (QED) is 0.724. The second-order valence-corrected chi connectivity index (χ2v) is 12.1. The topological polar surface area (TPSA) is 42.0 Å². The van der Waals surface area contributed by atoms with E-state index in [9.17, 15) is 4.79 Å². The predicted octanol–water partition coefficient (Wildman–Crippen LogP) is 4.34. The van der Waals surface area contributed by atoms with Crippen LogP contribution in [0.15, 0.2) is 54.7 Å². The Bertz CT molecular complexity index is 908. The van der Waals surface area contributed by atoms with Crippen molar-refractivity contribution < 1.29 is 4.79 Å². The molecule has 0 radical (unpaired) electrons. The molecule has 0 saturated heterocycles. The summed E-state index contributed by atoms with van der Waals surface area (Å²) in [5, 5.41) is 5.28. The van der Waals surface area contributed by atoms with Crippen molar-refractivity contribution in [2.24, 2.45) is 0 Å². The van der Waals surface area contributed by atoms with Gasteiger partial charge in [0.1, 0.15) is 0 Å². The van der Waals surface area contributed by atoms with Crippen LogP contribution in [0.1, 0.15) is 15.9 Å². The summed E-state index contributed by atoms with van der Waals surface area (Å²) in [6.45, 7) is 8.79. The number of aryl methyl sites for hydroxylation is 1. The molecule has 0 unspecified atom stereocenters. The molecule has 0 spiro atoms. The molecule has 4 heteroatoms. The number of pyridine rings is 1. The van der Waals surface area contributed by atoms with E-state index in [1.54, 1.807) is 6.20 Å². The molecule has 0 aliphatic heterocycles. The number of hydrogen-bond donors (Lipinski definition) is 1. The third kappa shape index (κ3) is 3.10. The van der Waals surface area contributed by atoms with Gasteiger partial charge in [-0.2, -0.15) is 0 Å². The number of carbonyl (C=O) groups excluding carboxylic acids is 1. The molecule has 0 bridgehead atoms. The number of amides is 1. The summed E-state index contributed by atoms with van der Waals surface area (Å²) in [4.78, 5) is 17.4. The van der Waals surface area contributed by atoms with Gasteiger partial charge in [-0.25, -0.2) is 0 Å². The summed E-state index contributed by atoms with van der Waals surface area (Å²) in [5.41, 5.74) is 3.39. The molecule has 3 aromatic rings. The first-order valence-corrected chi connectivity index (χ1v) is 11.6. The zero-order chi connectivity index (χ0) is 17.3. The Morgan fingerprint density at radius 2 is 1.71 bits per heavy atom. The van der Waals surface area contributed by atoms with Gasteiger partial charge in [-0.1, -0.05) is 56.0 Å². The van der Waals surface area contributed by atoms with Gasteiger partial charge in [-0.05, 0) is 29.8 Å². The zero-order valence-electron chi connectivity index (χ0n) is 14.6. The number of rotatable bonds is 3. The highest BCUT2D eigenvalue weighted by Crippen LogP contribution is 2.22. The first-order chi connectivity index (χ1) is 11.4. The summed E-state index contributed by atoms with van der Waals surface area (Å²) in [5.74, 6) is -0.0521. The largest absolute Gasteiger partial charge is 0.320 e. The number of aromatic nitrogens is 1. The number of nitrogens with zero attached hydrogens (tertiary/aromatic N) is 1. The molecule has 0 aliphatic rings. The number of benzene rings is 2. The molecule has 24 heavy (non-hydrogen) atoms. The molecule has 122 valence electrons. The highest BCUT2D eigenvalue weighted by molar-refractivity contribution is 6.89. The van der Waals surface area contributed by atoms with Crippen LogP contribution in [0.3, 0.4) is 0 Å². The fourth-order valence-corrected chi connectivity index (χ4v) is 4.64. The minimum atomic E-state index is -1.62. The summed E-state index contributed by atoms with van der Waals surface area (Å²) >= 11 is 0. The van der Waals surface area contributed by atoms with Crippen LogP contribution < -0.4 is 10.5 Å². The van der Waals surface area contributed by atoms with Gasteiger partial charge in [0.2, 0.25) is 0 Å². The average Bonchev–Trinajstić information content (AvgIpc) is 2.54. The number of para-hydroxylation sites is 1. The lowest BCUT2D eigenvalue weighted by molar-refractivity contribution is 0.102. The third-order valence-electron chi connectivity index (χ3n) is 4.19. The maximum absolute atomic E-state index is 13.0. The Kier molecular flexibility index (Phi) is 4.24. The molecule has 2 aromatic carbocycles. The smallest absolute Gasteiger partial charge is 0.255 e. The van der Waals surface area contributed by atoms with E-state index in [4.69, 9.17) is 0 Å². The zero-order valence-corrected chi connectivity index (χ0v) is 15.6. The van der Waals surface area contributed by atoms with Gasteiger partial charge >= 0.3 is 0 Å². The Hall–Kier alpha value is -2.46. The molecule has 0 fully saturated rings. The Morgan fingerprint density at radius 3 is 2.46 bits per heavy atom. The maximum Gasteiger partial charge on any atom is 0.255 e. The highest BCUT2D eigenvalue weighted by atomic mass is 28.3. The summed E-state index contributed by atoms with van der Waals surface area (Å²) in [6.07, 6.45) is 1.75. The first kappa shape index (κ1) is 16.4. The van der Waals surface area contributed by atoms with Crippen LogP contribution in [0.5, 0.6) is 0 Å². The van der Waals surface area contributed by atoms with Crippen molar-refractivity contribution in [1.29, 1.82) is 0 Å². The Morgan fingerprint density at radius 1 is 1.00 bits per heavy atom. The van der Waals surface area contributed by atoms with Crippen molar-refractivity contribution in [3.05, 3.63) is 65.9 Å². The van der Waals surface area contributed by atoms with E-state index in [1.807, 2.05) is 49.4 Å². The van der Waals surface area contributed by atoms with Crippen molar-refractivity contribution in [2.45, 2.75) is 26.6 Å². The summed E-state index contributed by atoms with van der Waals surface area (Å²) < 4.78 is 0. The van der Waals surface area contributed by atoms with Crippen molar-refractivity contribution in [3.63, 3.8) is 0 Å². The van der Waals surface area contributed by atoms with Gasteiger partial charge in [0, 0.05) is 17.1 Å². The molecule has 1 amide bonds. The lowest BCUT2D eigenvalue weighted by Gasteiger charge is -2.22. The fourth-order valence-electron chi connectivity index (χ4n) is 2.98. The maximum atomic E-state index is 13.0. The fraction of sp³-hybridized carbons (Fsp3) is 0.200. The number of nitrogens with one attached hydrogen (secondary N) is 1. The predicted molar refractivity (Wildman–Crippen MR) is 104 cm³/mol. The first-order valence-electron chi connectivity index (χ1n) is 8.13. The minimum Gasteiger partial charge on any atom is -0.320 e. The van der Waals surface area contributed by atoms with Gasteiger partial charge < -0.3 is 5.32 Å². The van der Waals surface area contributed by atoms with Crippen LogP contribution in [0, 0.1) is 6.92 Å². The van der Waals surface area contributed by atoms with Gasteiger partial charge in [0.05, 0.1) is 19.3 Å². The second kappa shape index (κ2) is 6.21. The normalized spacial score (nSPS) is 11.5. The molecule has 1 heterocycles. The van der Waals surface area contributed by atoms with E-state index in [0.717, 1.165) is 27.7 Å². The van der Waals surface area contributed by atoms with Gasteiger partial charge in [0.25, 0.3) is 5.91 Å². The number of anilines is 1. The number of carbonyl (C=O) groups is 1. The molecular formula is C20H22N2OSi. The lowest BCUT2D eigenvalue weighted by atomic mass is 10.1. The van der Waals surface area contributed by atoms with Crippen LogP contribution >= 0.6 is 0 Å². The SMILES string of the molecule is Cc1cccc([Si](C)(C)C)c1C(=O)Nc1cccc2cccnc12. The van der Waals surface area contributed by atoms with Crippen LogP contribution in [0.4, 0.5) is 5.69 Å². The third-order valence-corrected chi connectivity index (χ3v) is 6.22. The summed E-state index contributed by atoms with van der Waals surface area (Å²) in [7, 11) is -1.62. The van der Waals surface area contributed by atoms with Crippen molar-refractivity contribution >= 4 is 35.8 Å². The van der Waals surface area contributed by atoms with E-state index in [0.29, 0.717) is 0 Å². The standard InChI is InChI=1S/C20H22N2OSi/c1-14-8-5-12-17(24(2,3)4)18(14)20(23)22-16-11-6-9-15-10-7-13-21-19(15)16/h5-13H,1-4H3,(H,22,23). The number of hydrogen-bond acceptors (Lipinski definition) is 2. The second-order valence-electron chi connectivity index (χ2n) is 7.08. The van der Waals surface area contributed by atoms with Crippen LogP contribution in [-0.4, -0.2) is 19.0 Å². The molecule has 1 N–H and O–H groups in total. The van der Waals surface area contributed by atoms with Gasteiger partial charge in [-0.3, -0.25) is 9.78 Å². The molecule has 3 rings (SSSR count). The van der Waals surface area contributed by atoms with Crippen molar-refractivity contribution in [1.82, 2.24) is 4.98 Å². The van der Waals surface area contributed by atoms with Crippen molar-refractivity contribution in [2.75, 3.05) is 5.32 Å². The van der Waals surface area contributed by atoms with E-state index in [-0.39, 0.29) is 5.91 Å². The molecule has 0 saturated carbocycles. The molecule has 3 nitrogen and oxygen atoms in total.